The number of halogens is 1. The smallest absolute Gasteiger partial charge is 0.339 e. The minimum absolute atomic E-state index is 0.0777. The molecule has 2 rings (SSSR count). The van der Waals surface area contributed by atoms with Crippen molar-refractivity contribution in [3.05, 3.63) is 55.9 Å². The Kier molecular flexibility index (Phi) is 4.27. The number of nitrogens with zero attached hydrogens (tertiary/aromatic N) is 1. The van der Waals surface area contributed by atoms with Gasteiger partial charge in [0, 0.05) is 10.5 Å². The molecule has 0 aliphatic heterocycles. The van der Waals surface area contributed by atoms with Crippen LogP contribution in [0.4, 0.5) is 11.4 Å². The molecule has 0 spiro atoms. The van der Waals surface area contributed by atoms with Gasteiger partial charge in [0.05, 0.1) is 11.5 Å². The monoisotopic (exact) mass is 354 g/mol. The second-order valence-corrected chi connectivity index (χ2v) is 5.18. The maximum Gasteiger partial charge on any atom is 0.339 e. The lowest BCUT2D eigenvalue weighted by Gasteiger charge is -2.05. The van der Waals surface area contributed by atoms with Crippen molar-refractivity contribution in [2.75, 3.05) is 5.32 Å². The highest BCUT2D eigenvalue weighted by atomic mass is 79.9. The van der Waals surface area contributed by atoms with Crippen molar-refractivity contribution >= 4 is 33.3 Å². The van der Waals surface area contributed by atoms with Gasteiger partial charge in [-0.1, -0.05) is 15.9 Å². The third-order valence-electron chi connectivity index (χ3n) is 2.81. The number of hydrogen-bond donors (Lipinski definition) is 2. The molecule has 0 unspecified atom stereocenters. The molecule has 0 amide bonds. The Balaban J connectivity index is 2.19. The summed E-state index contributed by atoms with van der Waals surface area (Å²) in [5.41, 5.74) is 0.331. The molecule has 1 aromatic heterocycles. The van der Waals surface area contributed by atoms with Gasteiger partial charge in [-0.05, 0) is 25.1 Å². The average Bonchev–Trinajstić information content (AvgIpc) is 2.78. The van der Waals surface area contributed by atoms with Crippen molar-refractivity contribution < 1.29 is 19.2 Å². The van der Waals surface area contributed by atoms with Crippen LogP contribution in [0.2, 0.25) is 0 Å². The van der Waals surface area contributed by atoms with Crippen molar-refractivity contribution in [2.24, 2.45) is 0 Å². The van der Waals surface area contributed by atoms with Gasteiger partial charge in [0.1, 0.15) is 22.8 Å². The van der Waals surface area contributed by atoms with Crippen LogP contribution in [0.3, 0.4) is 0 Å². The molecule has 2 aromatic rings. The molecule has 21 heavy (non-hydrogen) atoms. The van der Waals surface area contributed by atoms with Gasteiger partial charge in [-0.15, -0.1) is 0 Å². The highest BCUT2D eigenvalue weighted by Gasteiger charge is 2.16. The van der Waals surface area contributed by atoms with E-state index in [0.29, 0.717) is 21.7 Å². The molecule has 110 valence electrons. The second-order valence-electron chi connectivity index (χ2n) is 4.26. The van der Waals surface area contributed by atoms with E-state index in [-0.39, 0.29) is 17.8 Å². The molecule has 2 N–H and O–H groups in total. The molecule has 1 heterocycles. The molecule has 0 aliphatic rings. The maximum absolute atomic E-state index is 11.0. The number of carboxylic acids is 1. The molecular weight excluding hydrogens is 344 g/mol. The first-order valence-electron chi connectivity index (χ1n) is 5.89. The average molecular weight is 355 g/mol. The van der Waals surface area contributed by atoms with Crippen LogP contribution >= 0.6 is 15.9 Å². The molecule has 0 saturated carbocycles. The number of nitrogens with one attached hydrogen (secondary N) is 1. The fraction of sp³-hybridized carbons (Fsp3) is 0.154. The van der Waals surface area contributed by atoms with Gasteiger partial charge < -0.3 is 14.8 Å². The predicted molar refractivity (Wildman–Crippen MR) is 78.5 cm³/mol. The Labute approximate surface area is 127 Å². The summed E-state index contributed by atoms with van der Waals surface area (Å²) in [5, 5.41) is 22.8. The molecule has 8 heteroatoms. The number of aromatic carboxylic acids is 1. The van der Waals surface area contributed by atoms with Crippen molar-refractivity contribution in [3.63, 3.8) is 0 Å². The van der Waals surface area contributed by atoms with Crippen molar-refractivity contribution in [1.82, 2.24) is 0 Å². The normalized spacial score (nSPS) is 10.4. The van der Waals surface area contributed by atoms with Crippen LogP contribution in [0.5, 0.6) is 0 Å². The number of carbonyl (C=O) groups is 1. The van der Waals surface area contributed by atoms with E-state index in [4.69, 9.17) is 9.52 Å². The van der Waals surface area contributed by atoms with Gasteiger partial charge in [0.25, 0.3) is 5.69 Å². The van der Waals surface area contributed by atoms with E-state index >= 15 is 0 Å². The van der Waals surface area contributed by atoms with Crippen LogP contribution in [0.25, 0.3) is 0 Å². The van der Waals surface area contributed by atoms with Crippen LogP contribution in [0.15, 0.2) is 33.2 Å². The Morgan fingerprint density at radius 1 is 1.48 bits per heavy atom. The van der Waals surface area contributed by atoms with E-state index in [1.807, 2.05) is 0 Å². The van der Waals surface area contributed by atoms with E-state index in [9.17, 15) is 14.9 Å². The summed E-state index contributed by atoms with van der Waals surface area (Å²) in [6.07, 6.45) is 0. The van der Waals surface area contributed by atoms with Gasteiger partial charge in [0.2, 0.25) is 0 Å². The standard InChI is InChI=1S/C13H11BrN2O5/c1-7-10(13(17)18)5-9(21-7)6-15-11-3-2-8(14)4-12(11)16(19)20/h2-5,15H,6H2,1H3,(H,17,18). The second kappa shape index (κ2) is 5.96. The summed E-state index contributed by atoms with van der Waals surface area (Å²) in [6, 6.07) is 6.02. The highest BCUT2D eigenvalue weighted by molar-refractivity contribution is 9.10. The molecule has 0 atom stereocenters. The number of nitro benzene ring substituents is 1. The molecule has 0 saturated heterocycles. The molecule has 0 bridgehead atoms. The maximum atomic E-state index is 11.0. The van der Waals surface area contributed by atoms with Crippen LogP contribution in [0.1, 0.15) is 21.9 Å². The zero-order valence-corrected chi connectivity index (χ0v) is 12.5. The van der Waals surface area contributed by atoms with Crippen molar-refractivity contribution in [2.45, 2.75) is 13.5 Å². The molecule has 1 aromatic carbocycles. The quantitative estimate of drug-likeness (QED) is 0.627. The molecular formula is C13H11BrN2O5. The number of rotatable bonds is 5. The van der Waals surface area contributed by atoms with Crippen LogP contribution in [-0.2, 0) is 6.54 Å². The first-order valence-corrected chi connectivity index (χ1v) is 6.68. The molecule has 0 aliphatic carbocycles. The lowest BCUT2D eigenvalue weighted by atomic mass is 10.2. The van der Waals surface area contributed by atoms with Crippen molar-refractivity contribution in [3.8, 4) is 0 Å². The zero-order valence-electron chi connectivity index (χ0n) is 10.9. The van der Waals surface area contributed by atoms with Gasteiger partial charge in [-0.2, -0.15) is 0 Å². The largest absolute Gasteiger partial charge is 0.478 e. The number of nitro groups is 1. The van der Waals surface area contributed by atoms with E-state index in [2.05, 4.69) is 21.2 Å². The van der Waals surface area contributed by atoms with Gasteiger partial charge in [-0.25, -0.2) is 4.79 Å². The number of aryl methyl sites for hydroxylation is 1. The SMILES string of the molecule is Cc1oc(CNc2ccc(Br)cc2[N+](=O)[O-])cc1C(=O)O. The Bertz CT molecular complexity index is 711. The zero-order chi connectivity index (χ0) is 15.6. The first-order chi connectivity index (χ1) is 9.88. The van der Waals surface area contributed by atoms with Crippen LogP contribution < -0.4 is 5.32 Å². The van der Waals surface area contributed by atoms with Gasteiger partial charge in [0.15, 0.2) is 0 Å². The predicted octanol–water partition coefficient (Wildman–Crippen LogP) is 3.57. The van der Waals surface area contributed by atoms with E-state index in [0.717, 1.165) is 0 Å². The number of benzene rings is 1. The summed E-state index contributed by atoms with van der Waals surface area (Å²) in [5.74, 6) is -0.385. The number of anilines is 1. The topological polar surface area (TPSA) is 106 Å². The van der Waals surface area contributed by atoms with Crippen LogP contribution in [-0.4, -0.2) is 16.0 Å². The Morgan fingerprint density at radius 3 is 2.76 bits per heavy atom. The minimum atomic E-state index is -1.07. The highest BCUT2D eigenvalue weighted by Crippen LogP contribution is 2.28. The van der Waals surface area contributed by atoms with E-state index in [1.165, 1.54) is 12.1 Å². The molecule has 7 nitrogen and oxygen atoms in total. The summed E-state index contributed by atoms with van der Waals surface area (Å²) < 4.78 is 5.90. The fourth-order valence-electron chi connectivity index (χ4n) is 1.83. The third kappa shape index (κ3) is 3.40. The Hall–Kier alpha value is -2.35. The fourth-order valence-corrected chi connectivity index (χ4v) is 2.18. The van der Waals surface area contributed by atoms with Gasteiger partial charge >= 0.3 is 5.97 Å². The van der Waals surface area contributed by atoms with E-state index < -0.39 is 10.9 Å². The summed E-state index contributed by atoms with van der Waals surface area (Å²) in [7, 11) is 0. The number of hydrogen-bond acceptors (Lipinski definition) is 5. The van der Waals surface area contributed by atoms with Crippen molar-refractivity contribution in [1.29, 1.82) is 0 Å². The lowest BCUT2D eigenvalue weighted by Crippen LogP contribution is -2.02. The van der Waals surface area contributed by atoms with E-state index in [1.54, 1.807) is 19.1 Å². The number of carboxylic acid groups (broad SMARTS) is 1. The molecule has 0 fully saturated rings. The third-order valence-corrected chi connectivity index (χ3v) is 3.30. The first kappa shape index (κ1) is 15.0. The lowest BCUT2D eigenvalue weighted by molar-refractivity contribution is -0.384. The minimum Gasteiger partial charge on any atom is -0.478 e. The van der Waals surface area contributed by atoms with Gasteiger partial charge in [-0.3, -0.25) is 10.1 Å². The summed E-state index contributed by atoms with van der Waals surface area (Å²) in [6.45, 7) is 1.70. The molecule has 0 radical (unpaired) electrons. The summed E-state index contributed by atoms with van der Waals surface area (Å²) >= 11 is 3.17. The number of furan rings is 1. The van der Waals surface area contributed by atoms with Crippen LogP contribution in [0, 0.1) is 17.0 Å². The Morgan fingerprint density at radius 2 is 2.19 bits per heavy atom. The summed E-state index contributed by atoms with van der Waals surface area (Å²) in [4.78, 5) is 21.4.